The first-order valence-corrected chi connectivity index (χ1v) is 11.7. The van der Waals surface area contributed by atoms with E-state index in [0.717, 1.165) is 11.3 Å². The summed E-state index contributed by atoms with van der Waals surface area (Å²) < 4.78 is 1.69. The number of carbonyl (C=O) groups excluding carboxylic acids is 1. The lowest BCUT2D eigenvalue weighted by atomic mass is 10.1. The monoisotopic (exact) mass is 468 g/mol. The molecule has 2 aromatic heterocycles. The molecule has 0 atom stereocenters. The first-order chi connectivity index (χ1) is 17.0. The van der Waals surface area contributed by atoms with Gasteiger partial charge in [0.05, 0.1) is 6.54 Å². The lowest BCUT2D eigenvalue weighted by molar-refractivity contribution is 0.0746. The Bertz CT molecular complexity index is 1410. The Morgan fingerprint density at radius 2 is 1.71 bits per heavy atom. The summed E-state index contributed by atoms with van der Waals surface area (Å²) in [6, 6.07) is 21.2. The van der Waals surface area contributed by atoms with Gasteiger partial charge in [-0.25, -0.2) is 9.97 Å². The molecule has 178 valence electrons. The van der Waals surface area contributed by atoms with Gasteiger partial charge >= 0.3 is 0 Å². The number of nitrogens with zero attached hydrogens (tertiary/aromatic N) is 6. The maximum Gasteiger partial charge on any atom is 0.295 e. The highest BCUT2D eigenvalue weighted by molar-refractivity contribution is 5.95. The molecule has 1 fully saturated rings. The molecule has 0 N–H and O–H groups in total. The number of anilines is 2. The summed E-state index contributed by atoms with van der Waals surface area (Å²) in [7, 11) is 3.91. The van der Waals surface area contributed by atoms with Crippen molar-refractivity contribution in [1.82, 2.24) is 19.4 Å². The maximum absolute atomic E-state index is 13.6. The minimum Gasteiger partial charge on any atom is -0.378 e. The van der Waals surface area contributed by atoms with E-state index in [1.807, 2.05) is 95.5 Å². The van der Waals surface area contributed by atoms with Gasteiger partial charge in [-0.2, -0.15) is 0 Å². The van der Waals surface area contributed by atoms with E-state index in [2.05, 4.69) is 9.97 Å². The lowest BCUT2D eigenvalue weighted by Crippen LogP contribution is -2.50. The second-order valence-corrected chi connectivity index (χ2v) is 8.88. The summed E-state index contributed by atoms with van der Waals surface area (Å²) in [6.45, 7) is 2.55. The van der Waals surface area contributed by atoms with Crippen LogP contribution in [0.25, 0.3) is 11.2 Å². The van der Waals surface area contributed by atoms with Crippen LogP contribution in [0.5, 0.6) is 0 Å². The fourth-order valence-electron chi connectivity index (χ4n) is 4.40. The van der Waals surface area contributed by atoms with Crippen molar-refractivity contribution >= 4 is 28.6 Å². The highest BCUT2D eigenvalue weighted by Gasteiger charge is 2.26. The molecule has 0 bridgehead atoms. The Morgan fingerprint density at radius 3 is 2.46 bits per heavy atom. The summed E-state index contributed by atoms with van der Waals surface area (Å²) in [4.78, 5) is 41.6. The quantitative estimate of drug-likeness (QED) is 0.449. The van der Waals surface area contributed by atoms with Gasteiger partial charge in [0, 0.05) is 57.7 Å². The molecule has 3 heterocycles. The molecule has 0 radical (unpaired) electrons. The van der Waals surface area contributed by atoms with Gasteiger partial charge in [0.2, 0.25) is 0 Å². The third-order valence-corrected chi connectivity index (χ3v) is 6.34. The van der Waals surface area contributed by atoms with E-state index in [1.165, 1.54) is 0 Å². The summed E-state index contributed by atoms with van der Waals surface area (Å²) in [6.07, 6.45) is 1.68. The van der Waals surface area contributed by atoms with Crippen LogP contribution in [0.1, 0.15) is 15.9 Å². The molecule has 0 spiro atoms. The van der Waals surface area contributed by atoms with Crippen molar-refractivity contribution in [3.05, 3.63) is 94.4 Å². The zero-order chi connectivity index (χ0) is 24.4. The Hall–Kier alpha value is -4.20. The van der Waals surface area contributed by atoms with Crippen molar-refractivity contribution in [2.45, 2.75) is 6.54 Å². The van der Waals surface area contributed by atoms with Gasteiger partial charge < -0.3 is 14.7 Å². The van der Waals surface area contributed by atoms with E-state index >= 15 is 0 Å². The molecule has 1 saturated heterocycles. The normalized spacial score (nSPS) is 13.8. The number of amides is 1. The zero-order valence-corrected chi connectivity index (χ0v) is 20.0. The second kappa shape index (κ2) is 9.58. The number of piperazine rings is 1. The van der Waals surface area contributed by atoms with E-state index in [1.54, 1.807) is 10.8 Å². The van der Waals surface area contributed by atoms with Gasteiger partial charge in [0.1, 0.15) is 5.52 Å². The van der Waals surface area contributed by atoms with Crippen LogP contribution in [0.15, 0.2) is 77.7 Å². The molecule has 5 rings (SSSR count). The number of benzene rings is 2. The van der Waals surface area contributed by atoms with E-state index in [0.29, 0.717) is 55.3 Å². The maximum atomic E-state index is 13.6. The predicted molar refractivity (Wildman–Crippen MR) is 138 cm³/mol. The highest BCUT2D eigenvalue weighted by atomic mass is 16.2. The van der Waals surface area contributed by atoms with Gasteiger partial charge in [0.25, 0.3) is 11.5 Å². The van der Waals surface area contributed by atoms with Crippen LogP contribution in [-0.4, -0.2) is 65.6 Å². The van der Waals surface area contributed by atoms with Crippen LogP contribution in [-0.2, 0) is 6.54 Å². The number of hydrogen-bond donors (Lipinski definition) is 0. The summed E-state index contributed by atoms with van der Waals surface area (Å²) in [5, 5.41) is 0. The van der Waals surface area contributed by atoms with Gasteiger partial charge in [-0.1, -0.05) is 36.4 Å². The Morgan fingerprint density at radius 1 is 0.943 bits per heavy atom. The lowest BCUT2D eigenvalue weighted by Gasteiger charge is -2.35. The fraction of sp³-hybridized carbons (Fsp3) is 0.259. The third-order valence-electron chi connectivity index (χ3n) is 6.34. The second-order valence-electron chi connectivity index (χ2n) is 8.88. The van der Waals surface area contributed by atoms with E-state index in [-0.39, 0.29) is 11.5 Å². The molecule has 0 saturated carbocycles. The topological polar surface area (TPSA) is 74.6 Å². The van der Waals surface area contributed by atoms with Gasteiger partial charge in [-0.3, -0.25) is 14.2 Å². The number of carbonyl (C=O) groups is 1. The van der Waals surface area contributed by atoms with E-state index in [4.69, 9.17) is 0 Å². The SMILES string of the molecule is CN(C)c1cccc(C(=O)N2CCN(c3nc4cccnc4n(Cc4ccccc4)c3=O)CC2)c1. The van der Waals surface area contributed by atoms with Crippen molar-refractivity contribution in [2.75, 3.05) is 50.1 Å². The van der Waals surface area contributed by atoms with Crippen LogP contribution >= 0.6 is 0 Å². The molecule has 4 aromatic rings. The molecular formula is C27H28N6O2. The number of fused-ring (bicyclic) bond motifs is 1. The molecule has 2 aromatic carbocycles. The largest absolute Gasteiger partial charge is 0.378 e. The number of aromatic nitrogens is 3. The Balaban J connectivity index is 1.39. The number of hydrogen-bond acceptors (Lipinski definition) is 6. The van der Waals surface area contributed by atoms with Gasteiger partial charge in [0.15, 0.2) is 11.5 Å². The van der Waals surface area contributed by atoms with Crippen LogP contribution in [0.4, 0.5) is 11.5 Å². The predicted octanol–water partition coefficient (Wildman–Crippen LogP) is 2.87. The first-order valence-electron chi connectivity index (χ1n) is 11.7. The number of pyridine rings is 1. The Kier molecular flexibility index (Phi) is 6.18. The molecule has 1 aliphatic heterocycles. The van der Waals surface area contributed by atoms with Crippen LogP contribution in [0.2, 0.25) is 0 Å². The smallest absolute Gasteiger partial charge is 0.295 e. The van der Waals surface area contributed by atoms with Crippen LogP contribution in [0, 0.1) is 0 Å². The average molecular weight is 469 g/mol. The van der Waals surface area contributed by atoms with Crippen molar-refractivity contribution in [1.29, 1.82) is 0 Å². The molecule has 35 heavy (non-hydrogen) atoms. The molecule has 8 nitrogen and oxygen atoms in total. The molecule has 0 unspecified atom stereocenters. The van der Waals surface area contributed by atoms with Gasteiger partial charge in [-0.05, 0) is 35.9 Å². The molecular weight excluding hydrogens is 440 g/mol. The molecule has 8 heteroatoms. The van der Waals surface area contributed by atoms with Crippen LogP contribution in [0.3, 0.4) is 0 Å². The first kappa shape index (κ1) is 22.6. The zero-order valence-electron chi connectivity index (χ0n) is 20.0. The van der Waals surface area contributed by atoms with Crippen molar-refractivity contribution < 1.29 is 4.79 Å². The molecule has 1 amide bonds. The summed E-state index contributed by atoms with van der Waals surface area (Å²) in [5.41, 5.74) is 3.76. The summed E-state index contributed by atoms with van der Waals surface area (Å²) >= 11 is 0. The van der Waals surface area contributed by atoms with E-state index < -0.39 is 0 Å². The third kappa shape index (κ3) is 4.59. The van der Waals surface area contributed by atoms with Crippen molar-refractivity contribution in [2.24, 2.45) is 0 Å². The van der Waals surface area contributed by atoms with E-state index in [9.17, 15) is 9.59 Å². The minimum atomic E-state index is -0.168. The Labute approximate surface area is 204 Å². The fourth-order valence-corrected chi connectivity index (χ4v) is 4.40. The standard InChI is InChI=1S/C27H28N6O2/c1-30(2)22-11-6-10-21(18-22)26(34)32-16-14-31(15-17-32)25-27(35)33(19-20-8-4-3-5-9-20)24-23(29-25)12-7-13-28-24/h3-13,18H,14-17,19H2,1-2H3. The average Bonchev–Trinajstić information content (AvgIpc) is 2.90. The van der Waals surface area contributed by atoms with Crippen LogP contribution < -0.4 is 15.4 Å². The summed E-state index contributed by atoms with van der Waals surface area (Å²) in [5.74, 6) is 0.411. The van der Waals surface area contributed by atoms with Crippen molar-refractivity contribution in [3.63, 3.8) is 0 Å². The highest BCUT2D eigenvalue weighted by Crippen LogP contribution is 2.19. The minimum absolute atomic E-state index is 0.00510. The van der Waals surface area contributed by atoms with Gasteiger partial charge in [-0.15, -0.1) is 0 Å². The molecule has 0 aliphatic carbocycles. The molecule has 1 aliphatic rings. The van der Waals surface area contributed by atoms with Crippen molar-refractivity contribution in [3.8, 4) is 0 Å². The number of rotatable bonds is 5.